The summed E-state index contributed by atoms with van der Waals surface area (Å²) in [5.41, 5.74) is 0.314. The molecule has 1 amide bonds. The van der Waals surface area contributed by atoms with Gasteiger partial charge in [0.1, 0.15) is 11.6 Å². The summed E-state index contributed by atoms with van der Waals surface area (Å²) in [6.45, 7) is 3.41. The van der Waals surface area contributed by atoms with Crippen molar-refractivity contribution in [2.45, 2.75) is 18.2 Å². The molecule has 3 rings (SSSR count). The van der Waals surface area contributed by atoms with E-state index in [1.54, 1.807) is 43.3 Å². The van der Waals surface area contributed by atoms with E-state index in [9.17, 15) is 23.3 Å². The van der Waals surface area contributed by atoms with Crippen molar-refractivity contribution in [3.05, 3.63) is 64.2 Å². The number of anilines is 1. The molecule has 2 aromatic carbocycles. The van der Waals surface area contributed by atoms with Crippen LogP contribution < -0.4 is 14.8 Å². The Morgan fingerprint density at radius 2 is 1.92 bits per heavy atom. The molecule has 0 aliphatic rings. The summed E-state index contributed by atoms with van der Waals surface area (Å²) in [4.78, 5) is 25.1. The number of nitrogens with one attached hydrogen (secondary N) is 1. The molecule has 0 atom stereocenters. The third-order valence-electron chi connectivity index (χ3n) is 4.49. The van der Waals surface area contributed by atoms with Crippen molar-refractivity contribution >= 4 is 55.9 Å². The third-order valence-corrected chi connectivity index (χ3v) is 7.78. The number of benzene rings is 2. The van der Waals surface area contributed by atoms with Crippen LogP contribution in [0.1, 0.15) is 29.8 Å². The number of aromatic nitrogens is 2. The second kappa shape index (κ2) is 11.8. The van der Waals surface area contributed by atoms with E-state index in [1.807, 2.05) is 0 Å². The lowest BCUT2D eigenvalue weighted by atomic mass is 10.1. The number of sulfone groups is 1. The Morgan fingerprint density at radius 3 is 2.56 bits per heavy atom. The molecular formula is C23H19ClN4O6S2. The van der Waals surface area contributed by atoms with E-state index < -0.39 is 21.7 Å². The molecule has 36 heavy (non-hydrogen) atoms. The second-order valence-electron chi connectivity index (χ2n) is 6.92. The van der Waals surface area contributed by atoms with Gasteiger partial charge in [-0.1, -0.05) is 48.1 Å². The largest absolute Gasteiger partial charge is 0.490 e. The van der Waals surface area contributed by atoms with Crippen molar-refractivity contribution < 1.29 is 27.5 Å². The minimum atomic E-state index is -3.58. The molecule has 10 nitrogen and oxygen atoms in total. The van der Waals surface area contributed by atoms with Gasteiger partial charge in [-0.05, 0) is 42.8 Å². The van der Waals surface area contributed by atoms with Crippen LogP contribution in [0.3, 0.4) is 0 Å². The predicted molar refractivity (Wildman–Crippen MR) is 134 cm³/mol. The van der Waals surface area contributed by atoms with Gasteiger partial charge in [-0.2, -0.15) is 5.26 Å². The number of esters is 1. The predicted octanol–water partition coefficient (Wildman–Crippen LogP) is 4.15. The lowest BCUT2D eigenvalue weighted by Gasteiger charge is -2.13. The summed E-state index contributed by atoms with van der Waals surface area (Å²) >= 11 is 7.03. The van der Waals surface area contributed by atoms with E-state index in [0.717, 1.165) is 0 Å². The number of nitriles is 1. The van der Waals surface area contributed by atoms with E-state index in [-0.39, 0.29) is 43.9 Å². The van der Waals surface area contributed by atoms with Crippen LogP contribution in [0.25, 0.3) is 6.08 Å². The monoisotopic (exact) mass is 546 g/mol. The number of carbonyl (C=O) groups excluding carboxylic acids is 2. The van der Waals surface area contributed by atoms with Gasteiger partial charge in [-0.3, -0.25) is 10.1 Å². The van der Waals surface area contributed by atoms with Gasteiger partial charge in [0.05, 0.1) is 22.9 Å². The number of amides is 1. The molecule has 0 bridgehead atoms. The normalized spacial score (nSPS) is 11.4. The van der Waals surface area contributed by atoms with Crippen LogP contribution in [0.4, 0.5) is 5.13 Å². The average Bonchev–Trinajstić information content (AvgIpc) is 3.34. The van der Waals surface area contributed by atoms with Crippen molar-refractivity contribution in [3.8, 4) is 17.6 Å². The first-order valence-electron chi connectivity index (χ1n) is 10.4. The fourth-order valence-corrected chi connectivity index (χ4v) is 4.99. The Bertz CT molecular complexity index is 1460. The zero-order chi connectivity index (χ0) is 26.3. The van der Waals surface area contributed by atoms with Gasteiger partial charge >= 0.3 is 5.97 Å². The number of nitrogens with zero attached hydrogens (tertiary/aromatic N) is 3. The minimum absolute atomic E-state index is 0.00833. The van der Waals surface area contributed by atoms with Gasteiger partial charge in [-0.15, -0.1) is 10.2 Å². The van der Waals surface area contributed by atoms with E-state index >= 15 is 0 Å². The van der Waals surface area contributed by atoms with Crippen molar-refractivity contribution in [1.82, 2.24) is 10.2 Å². The molecule has 1 heterocycles. The fourth-order valence-electron chi connectivity index (χ4n) is 2.75. The molecule has 13 heteroatoms. The smallest absolute Gasteiger partial charge is 0.343 e. The van der Waals surface area contributed by atoms with Crippen molar-refractivity contribution in [1.29, 1.82) is 5.26 Å². The van der Waals surface area contributed by atoms with Crippen LogP contribution in [0.2, 0.25) is 5.02 Å². The zero-order valence-corrected chi connectivity index (χ0v) is 21.4. The summed E-state index contributed by atoms with van der Waals surface area (Å²) in [5.74, 6) is -1.51. The van der Waals surface area contributed by atoms with Gasteiger partial charge in [0, 0.05) is 0 Å². The highest BCUT2D eigenvalue weighted by Gasteiger charge is 2.21. The topological polar surface area (TPSA) is 148 Å². The van der Waals surface area contributed by atoms with Crippen LogP contribution in [0, 0.1) is 11.3 Å². The highest BCUT2D eigenvalue weighted by atomic mass is 35.5. The van der Waals surface area contributed by atoms with E-state index in [2.05, 4.69) is 15.5 Å². The third kappa shape index (κ3) is 6.45. The van der Waals surface area contributed by atoms with Crippen LogP contribution >= 0.6 is 22.9 Å². The Kier molecular flexibility index (Phi) is 8.76. The maximum absolute atomic E-state index is 12.6. The Morgan fingerprint density at radius 1 is 1.19 bits per heavy atom. The highest BCUT2D eigenvalue weighted by molar-refractivity contribution is 7.93. The van der Waals surface area contributed by atoms with Crippen LogP contribution in [0.15, 0.2) is 52.4 Å². The SMILES string of the molecule is CCOc1cc(C=C(C#N)C(=O)Nc2nnc(S(=O)(=O)CC)s2)cc(Cl)c1OC(=O)c1ccccc1. The number of halogens is 1. The van der Waals surface area contributed by atoms with Gasteiger partial charge in [-0.25, -0.2) is 13.2 Å². The zero-order valence-electron chi connectivity index (χ0n) is 19.0. The summed E-state index contributed by atoms with van der Waals surface area (Å²) in [7, 11) is -3.58. The summed E-state index contributed by atoms with van der Waals surface area (Å²) in [6.07, 6.45) is 1.25. The Hall–Kier alpha value is -3.79. The summed E-state index contributed by atoms with van der Waals surface area (Å²) in [5, 5.41) is 19.0. The molecule has 0 saturated carbocycles. The molecule has 186 valence electrons. The number of hydrogen-bond acceptors (Lipinski definition) is 10. The fraction of sp³-hybridized carbons (Fsp3) is 0.174. The molecule has 0 radical (unpaired) electrons. The van der Waals surface area contributed by atoms with Crippen molar-refractivity contribution in [2.24, 2.45) is 0 Å². The maximum Gasteiger partial charge on any atom is 0.343 e. The lowest BCUT2D eigenvalue weighted by molar-refractivity contribution is -0.112. The molecule has 0 spiro atoms. The molecule has 1 aromatic heterocycles. The standard InChI is InChI=1S/C23H19ClN4O6S2/c1-3-33-18-12-14(11-17(24)19(18)34-21(30)15-8-6-5-7-9-15)10-16(13-25)20(29)26-22-27-28-23(35-22)36(31,32)4-2/h5-12H,3-4H2,1-2H3,(H,26,27,29). The minimum Gasteiger partial charge on any atom is -0.490 e. The van der Waals surface area contributed by atoms with E-state index in [0.29, 0.717) is 22.5 Å². The number of hydrogen-bond donors (Lipinski definition) is 1. The molecule has 0 unspecified atom stereocenters. The quantitative estimate of drug-likeness (QED) is 0.137. The van der Waals surface area contributed by atoms with Crippen LogP contribution in [-0.4, -0.2) is 42.9 Å². The molecule has 0 aliphatic heterocycles. The van der Waals surface area contributed by atoms with Gasteiger partial charge < -0.3 is 9.47 Å². The second-order valence-corrected chi connectivity index (χ2v) is 10.8. The van der Waals surface area contributed by atoms with Gasteiger partial charge in [0.25, 0.3) is 5.91 Å². The molecule has 0 fully saturated rings. The van der Waals surface area contributed by atoms with Crippen molar-refractivity contribution in [2.75, 3.05) is 17.7 Å². The first-order valence-corrected chi connectivity index (χ1v) is 13.3. The van der Waals surface area contributed by atoms with Crippen molar-refractivity contribution in [3.63, 3.8) is 0 Å². The Labute approximate surface area is 216 Å². The first-order chi connectivity index (χ1) is 17.2. The lowest BCUT2D eigenvalue weighted by Crippen LogP contribution is -2.13. The summed E-state index contributed by atoms with van der Waals surface area (Å²) < 4.78 is 34.6. The van der Waals surface area contributed by atoms with Gasteiger partial charge in [0.2, 0.25) is 19.3 Å². The highest BCUT2D eigenvalue weighted by Crippen LogP contribution is 2.38. The Balaban J connectivity index is 1.87. The molecule has 0 saturated heterocycles. The molecule has 1 N–H and O–H groups in total. The maximum atomic E-state index is 12.6. The van der Waals surface area contributed by atoms with E-state index in [4.69, 9.17) is 21.1 Å². The molecule has 0 aliphatic carbocycles. The van der Waals surface area contributed by atoms with Gasteiger partial charge in [0.15, 0.2) is 11.5 Å². The number of ether oxygens (including phenoxy) is 2. The summed E-state index contributed by atoms with van der Waals surface area (Å²) in [6, 6.07) is 13.0. The molecular weight excluding hydrogens is 528 g/mol. The molecule has 3 aromatic rings. The number of carbonyl (C=O) groups is 2. The first kappa shape index (κ1) is 26.8. The average molecular weight is 547 g/mol. The van der Waals surface area contributed by atoms with E-state index in [1.165, 1.54) is 25.1 Å². The number of rotatable bonds is 9. The van der Waals surface area contributed by atoms with Crippen LogP contribution in [0.5, 0.6) is 11.5 Å². The van der Waals surface area contributed by atoms with Crippen LogP contribution in [-0.2, 0) is 14.6 Å².